The van der Waals surface area contributed by atoms with Gasteiger partial charge in [-0.05, 0) is 51.4 Å². The molecule has 0 saturated carbocycles. The van der Waals surface area contributed by atoms with Crippen LogP contribution in [0.5, 0.6) is 0 Å². The number of allylic oxidation sites excluding steroid dienone is 6. The van der Waals surface area contributed by atoms with Gasteiger partial charge in [-0.15, -0.1) is 0 Å². The lowest BCUT2D eigenvalue weighted by atomic mass is 10.0. The molecule has 0 aromatic heterocycles. The van der Waals surface area contributed by atoms with Crippen LogP contribution in [0.3, 0.4) is 0 Å². The zero-order valence-electron chi connectivity index (χ0n) is 41.6. The summed E-state index contributed by atoms with van der Waals surface area (Å²) >= 11 is 0. The fourth-order valence-electron chi connectivity index (χ4n) is 7.38. The number of phosphoric ester groups is 1. The normalized spacial score (nSPS) is 13.8. The summed E-state index contributed by atoms with van der Waals surface area (Å²) in [6, 6.07) is 0. The van der Waals surface area contributed by atoms with Gasteiger partial charge in [0.25, 0.3) is 7.82 Å². The lowest BCUT2D eigenvalue weighted by Crippen LogP contribution is -2.37. The SMILES string of the molecule is CCCCCCC/C=C\C/C=C\C/C=C\CCCCCCCCCCCOCC(COP(=O)([O-])OCC[N+](C)(C)C)OC(=O)CCCCCCCCCCCCCCCCCC. The highest BCUT2D eigenvalue weighted by molar-refractivity contribution is 7.45. The van der Waals surface area contributed by atoms with Crippen LogP contribution in [0.2, 0.25) is 0 Å². The fourth-order valence-corrected chi connectivity index (χ4v) is 8.11. The lowest BCUT2D eigenvalue weighted by Gasteiger charge is -2.28. The van der Waals surface area contributed by atoms with Crippen molar-refractivity contribution in [2.24, 2.45) is 0 Å². The molecule has 0 aromatic carbocycles. The molecule has 0 N–H and O–H groups in total. The van der Waals surface area contributed by atoms with Gasteiger partial charge >= 0.3 is 5.97 Å². The molecule has 0 aliphatic heterocycles. The number of phosphoric acid groups is 1. The van der Waals surface area contributed by atoms with E-state index >= 15 is 0 Å². The maximum absolute atomic E-state index is 12.7. The van der Waals surface area contributed by atoms with Gasteiger partial charge < -0.3 is 27.9 Å². The van der Waals surface area contributed by atoms with E-state index in [-0.39, 0.29) is 25.8 Å². The number of ether oxygens (including phenoxy) is 2. The summed E-state index contributed by atoms with van der Waals surface area (Å²) in [5, 5.41) is 0. The number of rotatable bonds is 49. The van der Waals surface area contributed by atoms with E-state index in [9.17, 15) is 14.3 Å². The average molecular weight is 896 g/mol. The van der Waals surface area contributed by atoms with Crippen LogP contribution in [0.25, 0.3) is 0 Å². The van der Waals surface area contributed by atoms with Crippen molar-refractivity contribution in [3.05, 3.63) is 36.5 Å². The first-order valence-electron chi connectivity index (χ1n) is 26.2. The van der Waals surface area contributed by atoms with Gasteiger partial charge in [0.15, 0.2) is 0 Å². The summed E-state index contributed by atoms with van der Waals surface area (Å²) in [6.07, 6.45) is 55.9. The Morgan fingerprint density at radius 2 is 0.887 bits per heavy atom. The Kier molecular flexibility index (Phi) is 45.3. The molecule has 0 rings (SSSR count). The highest BCUT2D eigenvalue weighted by atomic mass is 31.2. The van der Waals surface area contributed by atoms with Crippen LogP contribution in [-0.4, -0.2) is 70.7 Å². The molecule has 0 fully saturated rings. The van der Waals surface area contributed by atoms with Crippen LogP contribution in [0.1, 0.15) is 239 Å². The van der Waals surface area contributed by atoms with Crippen molar-refractivity contribution in [2.75, 3.05) is 54.1 Å². The van der Waals surface area contributed by atoms with Crippen LogP contribution in [-0.2, 0) is 27.9 Å². The number of quaternary nitrogens is 1. The molecule has 0 aliphatic carbocycles. The third-order valence-electron chi connectivity index (χ3n) is 11.4. The molecule has 0 aliphatic rings. The number of hydrogen-bond donors (Lipinski definition) is 0. The second-order valence-electron chi connectivity index (χ2n) is 18.9. The number of likely N-dealkylation sites (N-methyl/N-ethyl adjacent to an activating group) is 1. The first-order chi connectivity index (χ1) is 30.1. The molecular formula is C53H102NO7P. The fraction of sp³-hybridized carbons (Fsp3) is 0.868. The topological polar surface area (TPSA) is 94.1 Å². The minimum Gasteiger partial charge on any atom is -0.756 e. The molecule has 0 aromatic rings. The number of carbonyl (C=O) groups excluding carboxylic acids is 1. The predicted octanol–water partition coefficient (Wildman–Crippen LogP) is 15.5. The van der Waals surface area contributed by atoms with E-state index in [1.54, 1.807) is 0 Å². The third kappa shape index (κ3) is 49.7. The smallest absolute Gasteiger partial charge is 0.306 e. The molecule has 0 radical (unpaired) electrons. The van der Waals surface area contributed by atoms with Crippen LogP contribution >= 0.6 is 7.82 Å². The van der Waals surface area contributed by atoms with Crippen molar-refractivity contribution in [2.45, 2.75) is 245 Å². The van der Waals surface area contributed by atoms with E-state index in [0.29, 0.717) is 24.1 Å². The zero-order chi connectivity index (χ0) is 45.5. The minimum atomic E-state index is -4.53. The van der Waals surface area contributed by atoms with Crippen LogP contribution < -0.4 is 4.89 Å². The Morgan fingerprint density at radius 3 is 1.32 bits per heavy atom. The van der Waals surface area contributed by atoms with Crippen molar-refractivity contribution >= 4 is 13.8 Å². The summed E-state index contributed by atoms with van der Waals surface area (Å²) in [6.45, 7) is 5.43. The van der Waals surface area contributed by atoms with E-state index in [4.69, 9.17) is 18.5 Å². The van der Waals surface area contributed by atoms with Gasteiger partial charge in [0.05, 0.1) is 34.4 Å². The Bertz CT molecular complexity index is 1090. The van der Waals surface area contributed by atoms with E-state index in [1.165, 1.54) is 173 Å². The summed E-state index contributed by atoms with van der Waals surface area (Å²) in [4.78, 5) is 25.2. The summed E-state index contributed by atoms with van der Waals surface area (Å²) in [5.74, 6) is -0.332. The average Bonchev–Trinajstić information content (AvgIpc) is 3.23. The zero-order valence-corrected chi connectivity index (χ0v) is 42.5. The summed E-state index contributed by atoms with van der Waals surface area (Å²) in [5.41, 5.74) is 0. The monoisotopic (exact) mass is 896 g/mol. The lowest BCUT2D eigenvalue weighted by molar-refractivity contribution is -0.870. The maximum atomic E-state index is 12.7. The molecule has 0 heterocycles. The summed E-state index contributed by atoms with van der Waals surface area (Å²) in [7, 11) is 1.36. The van der Waals surface area contributed by atoms with Crippen molar-refractivity contribution in [1.29, 1.82) is 0 Å². The number of esters is 1. The second kappa shape index (κ2) is 46.3. The van der Waals surface area contributed by atoms with E-state index in [0.717, 1.165) is 44.9 Å². The maximum Gasteiger partial charge on any atom is 0.306 e. The van der Waals surface area contributed by atoms with Crippen molar-refractivity contribution in [3.8, 4) is 0 Å². The first-order valence-corrected chi connectivity index (χ1v) is 27.7. The van der Waals surface area contributed by atoms with Gasteiger partial charge in [0, 0.05) is 13.0 Å². The highest BCUT2D eigenvalue weighted by Gasteiger charge is 2.20. The van der Waals surface area contributed by atoms with Gasteiger partial charge in [0.2, 0.25) is 0 Å². The molecule has 9 heteroatoms. The first kappa shape index (κ1) is 60.7. The Hall–Kier alpha value is -1.28. The van der Waals surface area contributed by atoms with E-state index in [2.05, 4.69) is 50.3 Å². The van der Waals surface area contributed by atoms with Crippen LogP contribution in [0.15, 0.2) is 36.5 Å². The molecule has 0 amide bonds. The Labute approximate surface area is 385 Å². The molecule has 0 bridgehead atoms. The van der Waals surface area contributed by atoms with Gasteiger partial charge in [-0.1, -0.05) is 217 Å². The number of nitrogens with zero attached hydrogens (tertiary/aromatic N) is 1. The standard InChI is InChI=1S/C53H102NO7P/c1-6-8-10-12-14-16-18-20-22-24-25-26-27-28-29-30-31-33-35-37-39-41-43-45-48-58-50-52(51-60-62(56,57)59-49-47-54(3,4)5)61-53(55)46-44-42-40-38-36-34-32-23-21-19-17-15-13-11-9-7-2/h18,20,24-25,27-28,52H,6-17,19,21-23,26,29-51H2,1-5H3/b20-18-,25-24-,28-27-. The largest absolute Gasteiger partial charge is 0.756 e. The number of hydrogen-bond acceptors (Lipinski definition) is 7. The molecular weight excluding hydrogens is 794 g/mol. The van der Waals surface area contributed by atoms with Gasteiger partial charge in [0.1, 0.15) is 19.3 Å². The molecule has 2 atom stereocenters. The van der Waals surface area contributed by atoms with Gasteiger partial charge in [-0.25, -0.2) is 0 Å². The predicted molar refractivity (Wildman–Crippen MR) is 263 cm³/mol. The van der Waals surface area contributed by atoms with Gasteiger partial charge in [-0.2, -0.15) is 0 Å². The third-order valence-corrected chi connectivity index (χ3v) is 12.4. The number of carbonyl (C=O) groups is 1. The van der Waals surface area contributed by atoms with Gasteiger partial charge in [-0.3, -0.25) is 9.36 Å². The van der Waals surface area contributed by atoms with Crippen molar-refractivity contribution in [1.82, 2.24) is 0 Å². The second-order valence-corrected chi connectivity index (χ2v) is 20.3. The van der Waals surface area contributed by atoms with E-state index < -0.39 is 13.9 Å². The molecule has 0 spiro atoms. The highest BCUT2D eigenvalue weighted by Crippen LogP contribution is 2.38. The van der Waals surface area contributed by atoms with Crippen LogP contribution in [0, 0.1) is 0 Å². The molecule has 366 valence electrons. The van der Waals surface area contributed by atoms with Crippen molar-refractivity contribution in [3.63, 3.8) is 0 Å². The summed E-state index contributed by atoms with van der Waals surface area (Å²) < 4.78 is 34.8. The molecule has 2 unspecified atom stereocenters. The Morgan fingerprint density at radius 1 is 0.500 bits per heavy atom. The number of unbranched alkanes of at least 4 members (excludes halogenated alkanes) is 29. The molecule has 8 nitrogen and oxygen atoms in total. The quantitative estimate of drug-likeness (QED) is 0.0197. The molecule has 0 saturated heterocycles. The Balaban J connectivity index is 4.11. The van der Waals surface area contributed by atoms with E-state index in [1.807, 2.05) is 21.1 Å². The van der Waals surface area contributed by atoms with Crippen LogP contribution in [0.4, 0.5) is 0 Å². The van der Waals surface area contributed by atoms with Crippen molar-refractivity contribution < 1.29 is 37.3 Å². The molecule has 62 heavy (non-hydrogen) atoms. The minimum absolute atomic E-state index is 0.0262.